The van der Waals surface area contributed by atoms with Crippen molar-refractivity contribution in [3.05, 3.63) is 128 Å². The van der Waals surface area contributed by atoms with Crippen LogP contribution < -0.4 is 5.46 Å². The molecule has 0 bridgehead atoms. The number of aromatic nitrogens is 4. The van der Waals surface area contributed by atoms with Crippen molar-refractivity contribution in [3.63, 3.8) is 0 Å². The molecule has 0 unspecified atom stereocenters. The number of nitrogens with zero attached hydrogens (tertiary/aromatic N) is 4. The van der Waals surface area contributed by atoms with E-state index in [1.807, 2.05) is 66.7 Å². The van der Waals surface area contributed by atoms with Gasteiger partial charge in [0.2, 0.25) is 0 Å². The summed E-state index contributed by atoms with van der Waals surface area (Å²) in [4.78, 5) is 14.0. The number of fused-ring (bicyclic) bond motifs is 3. The Bertz CT molecular complexity index is 1930. The van der Waals surface area contributed by atoms with Gasteiger partial charge >= 0.3 is 7.12 Å². The molecule has 0 aliphatic carbocycles. The second-order valence-corrected chi connectivity index (χ2v) is 9.61. The normalized spacial score (nSPS) is 11.2. The summed E-state index contributed by atoms with van der Waals surface area (Å²) in [6.45, 7) is 0. The van der Waals surface area contributed by atoms with Gasteiger partial charge in [-0.05, 0) is 77.3 Å². The maximum absolute atomic E-state index is 9.88. The molecule has 0 atom stereocenters. The molecule has 6 nitrogen and oxygen atoms in total. The molecule has 40 heavy (non-hydrogen) atoms. The summed E-state index contributed by atoms with van der Waals surface area (Å²) in [5.74, 6) is 0. The molecular weight excluding hydrogens is 495 g/mol. The minimum absolute atomic E-state index is 0.446. The maximum Gasteiger partial charge on any atom is 0.488 e. The van der Waals surface area contributed by atoms with Gasteiger partial charge in [0.25, 0.3) is 0 Å². The predicted octanol–water partition coefficient (Wildman–Crippen LogP) is 5.65. The van der Waals surface area contributed by atoms with E-state index in [-0.39, 0.29) is 0 Å². The third kappa shape index (κ3) is 4.23. The molecule has 0 saturated carbocycles. The smallest absolute Gasteiger partial charge is 0.423 e. The SMILES string of the molecule is OB(O)c1ccc2c3ccccc3n(-c3cccc(-c4cc(-c5ccccn5)nc(-c5ccccn5)c4)c3)c2c1. The number of hydrogen-bond acceptors (Lipinski definition) is 5. The van der Waals surface area contributed by atoms with Crippen LogP contribution in [-0.4, -0.2) is 36.7 Å². The number of rotatable bonds is 5. The molecule has 7 heteroatoms. The summed E-state index contributed by atoms with van der Waals surface area (Å²) >= 11 is 0. The van der Waals surface area contributed by atoms with E-state index in [2.05, 4.69) is 57.0 Å². The summed E-state index contributed by atoms with van der Waals surface area (Å²) in [5, 5.41) is 21.9. The van der Waals surface area contributed by atoms with Gasteiger partial charge in [0.15, 0.2) is 0 Å². The van der Waals surface area contributed by atoms with E-state index in [1.165, 1.54) is 0 Å². The first-order valence-electron chi connectivity index (χ1n) is 13.0. The molecule has 0 aliphatic heterocycles. The summed E-state index contributed by atoms with van der Waals surface area (Å²) in [6.07, 6.45) is 3.54. The van der Waals surface area contributed by atoms with Crippen molar-refractivity contribution in [3.8, 4) is 39.6 Å². The quantitative estimate of drug-likeness (QED) is 0.288. The van der Waals surface area contributed by atoms with Gasteiger partial charge in [-0.2, -0.15) is 0 Å². The van der Waals surface area contributed by atoms with Crippen molar-refractivity contribution in [1.82, 2.24) is 19.5 Å². The number of pyridine rings is 3. The molecule has 4 aromatic heterocycles. The van der Waals surface area contributed by atoms with Crippen molar-refractivity contribution in [2.75, 3.05) is 0 Å². The molecule has 4 heterocycles. The van der Waals surface area contributed by atoms with Crippen molar-refractivity contribution in [2.45, 2.75) is 0 Å². The van der Waals surface area contributed by atoms with Crippen molar-refractivity contribution in [1.29, 1.82) is 0 Å². The second-order valence-electron chi connectivity index (χ2n) is 9.61. The van der Waals surface area contributed by atoms with Gasteiger partial charge in [-0.15, -0.1) is 0 Å². The zero-order valence-corrected chi connectivity index (χ0v) is 21.4. The molecule has 7 aromatic rings. The van der Waals surface area contributed by atoms with Crippen LogP contribution in [0.2, 0.25) is 0 Å². The van der Waals surface area contributed by atoms with Crippen LogP contribution in [-0.2, 0) is 0 Å². The summed E-state index contributed by atoms with van der Waals surface area (Å²) in [7, 11) is -1.55. The third-order valence-electron chi connectivity index (χ3n) is 7.11. The molecule has 0 radical (unpaired) electrons. The fraction of sp³-hybridized carbons (Fsp3) is 0. The Morgan fingerprint density at radius 1 is 0.525 bits per heavy atom. The van der Waals surface area contributed by atoms with E-state index in [4.69, 9.17) is 4.98 Å². The van der Waals surface area contributed by atoms with Crippen LogP contribution in [0.5, 0.6) is 0 Å². The highest BCUT2D eigenvalue weighted by molar-refractivity contribution is 6.59. The lowest BCUT2D eigenvalue weighted by Crippen LogP contribution is -2.29. The minimum Gasteiger partial charge on any atom is -0.423 e. The van der Waals surface area contributed by atoms with Crippen LogP contribution in [0, 0.1) is 0 Å². The highest BCUT2D eigenvalue weighted by Crippen LogP contribution is 2.34. The fourth-order valence-electron chi connectivity index (χ4n) is 5.24. The van der Waals surface area contributed by atoms with E-state index < -0.39 is 7.12 Å². The Kier molecular flexibility index (Phi) is 5.93. The van der Waals surface area contributed by atoms with Crippen LogP contribution in [0.1, 0.15) is 0 Å². The van der Waals surface area contributed by atoms with Gasteiger partial charge in [-0.25, -0.2) is 4.98 Å². The number of hydrogen-bond donors (Lipinski definition) is 2. The molecule has 2 N–H and O–H groups in total. The van der Waals surface area contributed by atoms with Crippen molar-refractivity contribution >= 4 is 34.4 Å². The fourth-order valence-corrected chi connectivity index (χ4v) is 5.24. The Morgan fingerprint density at radius 3 is 1.88 bits per heavy atom. The van der Waals surface area contributed by atoms with Gasteiger partial charge in [-0.1, -0.05) is 54.6 Å². The molecule has 0 saturated heterocycles. The van der Waals surface area contributed by atoms with Gasteiger partial charge in [0.05, 0.1) is 33.8 Å². The molecule has 0 fully saturated rings. The molecular formula is C33H23BN4O2. The van der Waals surface area contributed by atoms with Crippen LogP contribution in [0.3, 0.4) is 0 Å². The monoisotopic (exact) mass is 518 g/mol. The van der Waals surface area contributed by atoms with Gasteiger partial charge in [0.1, 0.15) is 0 Å². The first-order chi connectivity index (χ1) is 19.7. The molecule has 3 aromatic carbocycles. The second kappa shape index (κ2) is 9.89. The van der Waals surface area contributed by atoms with Gasteiger partial charge < -0.3 is 14.6 Å². The summed E-state index contributed by atoms with van der Waals surface area (Å²) < 4.78 is 2.17. The minimum atomic E-state index is -1.55. The average Bonchev–Trinajstić information content (AvgIpc) is 3.35. The largest absolute Gasteiger partial charge is 0.488 e. The molecule has 7 rings (SSSR count). The van der Waals surface area contributed by atoms with E-state index in [9.17, 15) is 10.0 Å². The van der Waals surface area contributed by atoms with Crippen LogP contribution in [0.15, 0.2) is 128 Å². The molecule has 0 amide bonds. The highest BCUT2D eigenvalue weighted by Gasteiger charge is 2.17. The van der Waals surface area contributed by atoms with Crippen molar-refractivity contribution < 1.29 is 10.0 Å². The first-order valence-corrected chi connectivity index (χ1v) is 13.0. The molecule has 0 aliphatic rings. The number of para-hydroxylation sites is 1. The highest BCUT2D eigenvalue weighted by atomic mass is 16.4. The third-order valence-corrected chi connectivity index (χ3v) is 7.11. The van der Waals surface area contributed by atoms with Crippen LogP contribution >= 0.6 is 0 Å². The lowest BCUT2D eigenvalue weighted by Gasteiger charge is -2.13. The van der Waals surface area contributed by atoms with Gasteiger partial charge in [-0.3, -0.25) is 9.97 Å². The summed E-state index contributed by atoms with van der Waals surface area (Å²) in [5.41, 5.74) is 8.46. The maximum atomic E-state index is 9.88. The van der Waals surface area contributed by atoms with E-state index in [0.29, 0.717) is 5.46 Å². The van der Waals surface area contributed by atoms with Crippen molar-refractivity contribution in [2.24, 2.45) is 0 Å². The van der Waals surface area contributed by atoms with E-state index in [1.54, 1.807) is 18.5 Å². The molecule has 0 spiro atoms. The van der Waals surface area contributed by atoms with E-state index in [0.717, 1.165) is 61.4 Å². The average molecular weight is 518 g/mol. The van der Waals surface area contributed by atoms with Crippen LogP contribution in [0.25, 0.3) is 61.4 Å². The lowest BCUT2D eigenvalue weighted by atomic mass is 9.80. The molecule has 190 valence electrons. The zero-order valence-electron chi connectivity index (χ0n) is 21.4. The zero-order chi connectivity index (χ0) is 27.1. The summed E-state index contributed by atoms with van der Waals surface area (Å²) in [6, 6.07) is 37.8. The Labute approximate surface area is 231 Å². The van der Waals surface area contributed by atoms with Gasteiger partial charge in [0, 0.05) is 28.9 Å². The Hall–Kier alpha value is -5.11. The number of benzene rings is 3. The first kappa shape index (κ1) is 24.0. The lowest BCUT2D eigenvalue weighted by molar-refractivity contribution is 0.426. The standard InChI is InChI=1S/C33H23BN4O2/c39-34(40)24-14-15-27-26-10-1-2-13-32(26)38(33(27)21-24)25-9-7-8-22(18-25)23-19-30(28-11-3-5-16-35-28)37-31(20-23)29-12-4-6-17-36-29/h1-21,39-40H. The predicted molar refractivity (Wildman–Crippen MR) is 160 cm³/mol. The van der Waals surface area contributed by atoms with Crippen LogP contribution in [0.4, 0.5) is 0 Å². The Balaban J connectivity index is 1.44. The Morgan fingerprint density at radius 2 is 1.20 bits per heavy atom. The van der Waals surface area contributed by atoms with E-state index >= 15 is 0 Å². The topological polar surface area (TPSA) is 84.1 Å².